The second-order valence-electron chi connectivity index (χ2n) is 8.02. The summed E-state index contributed by atoms with van der Waals surface area (Å²) in [5.41, 5.74) is 0.272. The molecule has 0 saturated carbocycles. The smallest absolute Gasteiger partial charge is 0.506 e. The Morgan fingerprint density at radius 3 is 2.00 bits per heavy atom. The molecule has 1 fully saturated rings. The van der Waals surface area contributed by atoms with Gasteiger partial charge in [0.15, 0.2) is 0 Å². The number of hydrogen-bond acceptors (Lipinski definition) is 7. The maximum atomic E-state index is 13.4. The lowest BCUT2D eigenvalue weighted by atomic mass is 9.94. The van der Waals surface area contributed by atoms with Gasteiger partial charge in [0, 0.05) is 5.69 Å². The van der Waals surface area contributed by atoms with Crippen LogP contribution in [0, 0.1) is 0 Å². The Balaban J connectivity index is 1.94. The quantitative estimate of drug-likeness (QED) is 0.254. The van der Waals surface area contributed by atoms with Crippen molar-refractivity contribution in [3.63, 3.8) is 0 Å². The Kier molecular flexibility index (Phi) is 7.20. The molecule has 8 nitrogen and oxygen atoms in total. The largest absolute Gasteiger partial charge is 0.573 e. The van der Waals surface area contributed by atoms with E-state index in [-0.39, 0.29) is 28.3 Å². The summed E-state index contributed by atoms with van der Waals surface area (Å²) in [6.45, 7) is 0. The van der Waals surface area contributed by atoms with Crippen molar-refractivity contribution in [2.75, 3.05) is 26.2 Å². The maximum absolute atomic E-state index is 13.4. The number of aliphatic hydroxyl groups is 1. The van der Waals surface area contributed by atoms with E-state index in [1.54, 1.807) is 42.5 Å². The number of hydrogen-bond donors (Lipinski definition) is 1. The summed E-state index contributed by atoms with van der Waals surface area (Å²) in [7, 11) is 4.18. The van der Waals surface area contributed by atoms with Crippen LogP contribution in [0.3, 0.4) is 0 Å². The van der Waals surface area contributed by atoms with E-state index in [1.807, 2.05) is 0 Å². The summed E-state index contributed by atoms with van der Waals surface area (Å²) in [6.07, 6.45) is -4.90. The molecule has 38 heavy (non-hydrogen) atoms. The number of carbonyl (C=O) groups is 2. The van der Waals surface area contributed by atoms with Crippen molar-refractivity contribution in [1.29, 1.82) is 0 Å². The number of benzene rings is 3. The molecule has 0 bridgehead atoms. The number of anilines is 1. The van der Waals surface area contributed by atoms with Crippen molar-refractivity contribution in [3.05, 3.63) is 83.4 Å². The minimum atomic E-state index is -4.90. The minimum Gasteiger partial charge on any atom is -0.506 e. The first kappa shape index (κ1) is 26.4. The molecule has 0 aromatic heterocycles. The van der Waals surface area contributed by atoms with E-state index >= 15 is 0 Å². The SMILES string of the molecule is COc1cccc(C2/C(=C(\O)c3c(OC)cccc3OC)C(=O)C(=O)N2c2ccc(OC(F)(F)F)cc2)c1. The molecule has 198 valence electrons. The van der Waals surface area contributed by atoms with Crippen LogP contribution in [0.25, 0.3) is 5.76 Å². The molecule has 4 rings (SSSR count). The molecular weight excluding hydrogens is 507 g/mol. The van der Waals surface area contributed by atoms with Gasteiger partial charge < -0.3 is 24.1 Å². The zero-order valence-corrected chi connectivity index (χ0v) is 20.4. The molecule has 3 aromatic carbocycles. The zero-order chi connectivity index (χ0) is 27.6. The van der Waals surface area contributed by atoms with Gasteiger partial charge in [-0.1, -0.05) is 18.2 Å². The third kappa shape index (κ3) is 4.95. The number of amides is 1. The molecule has 1 amide bonds. The summed E-state index contributed by atoms with van der Waals surface area (Å²) in [4.78, 5) is 27.8. The Labute approximate surface area is 215 Å². The first-order chi connectivity index (χ1) is 18.1. The van der Waals surface area contributed by atoms with Gasteiger partial charge in [0.25, 0.3) is 11.7 Å². The Morgan fingerprint density at radius 2 is 1.45 bits per heavy atom. The van der Waals surface area contributed by atoms with E-state index in [0.29, 0.717) is 11.3 Å². The molecule has 0 spiro atoms. The second kappa shape index (κ2) is 10.4. The van der Waals surface area contributed by atoms with E-state index in [2.05, 4.69) is 4.74 Å². The average Bonchev–Trinajstić information content (AvgIpc) is 3.17. The van der Waals surface area contributed by atoms with Crippen molar-refractivity contribution >= 4 is 23.1 Å². The highest BCUT2D eigenvalue weighted by Crippen LogP contribution is 2.45. The van der Waals surface area contributed by atoms with Gasteiger partial charge in [0.2, 0.25) is 0 Å². The molecule has 0 radical (unpaired) electrons. The molecule has 1 unspecified atom stereocenters. The van der Waals surface area contributed by atoms with Crippen molar-refractivity contribution in [3.8, 4) is 23.0 Å². The summed E-state index contributed by atoms with van der Waals surface area (Å²) in [5.74, 6) is -2.29. The van der Waals surface area contributed by atoms with Crippen LogP contribution >= 0.6 is 0 Å². The number of methoxy groups -OCH3 is 3. The van der Waals surface area contributed by atoms with Crippen molar-refractivity contribution in [2.45, 2.75) is 12.4 Å². The molecule has 1 aliphatic heterocycles. The number of ether oxygens (including phenoxy) is 4. The van der Waals surface area contributed by atoms with Gasteiger partial charge in [-0.2, -0.15) is 0 Å². The van der Waals surface area contributed by atoms with E-state index in [1.165, 1.54) is 33.5 Å². The number of Topliss-reactive ketones (excluding diaryl/α,β-unsaturated/α-hetero) is 1. The van der Waals surface area contributed by atoms with Gasteiger partial charge in [-0.15, -0.1) is 13.2 Å². The topological polar surface area (TPSA) is 94.5 Å². The minimum absolute atomic E-state index is 0.0531. The van der Waals surface area contributed by atoms with Crippen molar-refractivity contribution in [1.82, 2.24) is 0 Å². The second-order valence-corrected chi connectivity index (χ2v) is 8.02. The first-order valence-electron chi connectivity index (χ1n) is 11.1. The van der Waals surface area contributed by atoms with Crippen LogP contribution in [0.15, 0.2) is 72.3 Å². The van der Waals surface area contributed by atoms with Crippen LogP contribution in [-0.2, 0) is 9.59 Å². The third-order valence-electron chi connectivity index (χ3n) is 5.87. The normalized spacial score (nSPS) is 16.9. The monoisotopic (exact) mass is 529 g/mol. The maximum Gasteiger partial charge on any atom is 0.573 e. The summed E-state index contributed by atoms with van der Waals surface area (Å²) < 4.78 is 57.8. The molecule has 1 atom stereocenters. The molecule has 3 aromatic rings. The van der Waals surface area contributed by atoms with Gasteiger partial charge in [0.1, 0.15) is 34.3 Å². The number of aliphatic hydroxyl groups excluding tert-OH is 1. The van der Waals surface area contributed by atoms with Crippen LogP contribution in [-0.4, -0.2) is 44.5 Å². The molecule has 1 heterocycles. The van der Waals surface area contributed by atoms with Gasteiger partial charge in [0.05, 0.1) is 32.9 Å². The van der Waals surface area contributed by atoms with E-state index in [9.17, 15) is 27.9 Å². The number of alkyl halides is 3. The fourth-order valence-corrected chi connectivity index (χ4v) is 4.25. The van der Waals surface area contributed by atoms with Gasteiger partial charge in [-0.05, 0) is 54.1 Å². The van der Waals surface area contributed by atoms with Crippen LogP contribution in [0.1, 0.15) is 17.2 Å². The van der Waals surface area contributed by atoms with E-state index in [0.717, 1.165) is 17.0 Å². The Bertz CT molecular complexity index is 1380. The van der Waals surface area contributed by atoms with Crippen LogP contribution in [0.4, 0.5) is 18.9 Å². The predicted octanol–water partition coefficient (Wildman–Crippen LogP) is 5.24. The molecule has 1 N–H and O–H groups in total. The number of rotatable bonds is 7. The number of nitrogens with zero attached hydrogens (tertiary/aromatic N) is 1. The third-order valence-corrected chi connectivity index (χ3v) is 5.87. The standard InChI is InChI=1S/C27H22F3NO7/c1-35-18-7-4-6-15(14-18)23-22(24(32)21-19(36-2)8-5-9-20(21)37-3)25(33)26(34)31(23)16-10-12-17(13-11-16)38-27(28,29)30/h4-14,23,32H,1-3H3/b24-22+. The molecule has 1 aliphatic rings. The zero-order valence-electron chi connectivity index (χ0n) is 20.4. The van der Waals surface area contributed by atoms with E-state index in [4.69, 9.17) is 14.2 Å². The number of halogens is 3. The van der Waals surface area contributed by atoms with Crippen molar-refractivity contribution < 1.29 is 46.8 Å². The van der Waals surface area contributed by atoms with Gasteiger partial charge >= 0.3 is 6.36 Å². The highest BCUT2D eigenvalue weighted by molar-refractivity contribution is 6.51. The number of carbonyl (C=O) groups excluding carboxylic acids is 2. The van der Waals surface area contributed by atoms with E-state index < -0.39 is 35.6 Å². The Morgan fingerprint density at radius 1 is 0.842 bits per heavy atom. The Hall–Kier alpha value is -4.67. The van der Waals surface area contributed by atoms with Gasteiger partial charge in [-0.25, -0.2) is 0 Å². The summed E-state index contributed by atoms with van der Waals surface area (Å²) in [6, 6.07) is 14.5. The van der Waals surface area contributed by atoms with Crippen molar-refractivity contribution in [2.24, 2.45) is 0 Å². The fraction of sp³-hybridized carbons (Fsp3) is 0.185. The lowest BCUT2D eigenvalue weighted by Crippen LogP contribution is -2.29. The molecule has 0 aliphatic carbocycles. The fourth-order valence-electron chi connectivity index (χ4n) is 4.25. The van der Waals surface area contributed by atoms with Crippen LogP contribution in [0.2, 0.25) is 0 Å². The highest BCUT2D eigenvalue weighted by atomic mass is 19.4. The number of ketones is 1. The lowest BCUT2D eigenvalue weighted by Gasteiger charge is -2.26. The first-order valence-corrected chi connectivity index (χ1v) is 11.1. The van der Waals surface area contributed by atoms with Gasteiger partial charge in [-0.3, -0.25) is 14.5 Å². The molecule has 11 heteroatoms. The predicted molar refractivity (Wildman–Crippen MR) is 130 cm³/mol. The summed E-state index contributed by atoms with van der Waals surface area (Å²) in [5, 5.41) is 11.5. The van der Waals surface area contributed by atoms with Crippen LogP contribution < -0.4 is 23.8 Å². The molecule has 1 saturated heterocycles. The lowest BCUT2D eigenvalue weighted by molar-refractivity contribution is -0.274. The molecular formula is C27H22F3NO7. The highest BCUT2D eigenvalue weighted by Gasteiger charge is 2.47. The van der Waals surface area contributed by atoms with Crippen LogP contribution in [0.5, 0.6) is 23.0 Å². The summed E-state index contributed by atoms with van der Waals surface area (Å²) >= 11 is 0. The average molecular weight is 529 g/mol.